The fourth-order valence-electron chi connectivity index (χ4n) is 2.79. The molecule has 0 unspecified atom stereocenters. The molecule has 0 heterocycles. The van der Waals surface area contributed by atoms with Gasteiger partial charge < -0.3 is 18.9 Å². The van der Waals surface area contributed by atoms with E-state index in [1.807, 2.05) is 0 Å². The van der Waals surface area contributed by atoms with Crippen molar-refractivity contribution in [3.8, 4) is 11.5 Å². The standard InChI is InChI=1S/C22H26O8S/c1-5-27-19-11-9-15(13-17(19)21(23)29-7-3)31(25,26)16-10-12-20(28-6-2)18(14-16)22(24)30-8-4/h9-14H,5-8H2,1-4H3. The molecular weight excluding hydrogens is 424 g/mol. The zero-order valence-corrected chi connectivity index (χ0v) is 18.8. The molecule has 2 rings (SSSR count). The number of rotatable bonds is 10. The Kier molecular flexibility index (Phi) is 8.44. The van der Waals surface area contributed by atoms with Gasteiger partial charge in [-0.1, -0.05) is 0 Å². The molecule has 0 atom stereocenters. The van der Waals surface area contributed by atoms with Gasteiger partial charge in [-0.25, -0.2) is 18.0 Å². The predicted molar refractivity (Wildman–Crippen MR) is 113 cm³/mol. The Hall–Kier alpha value is -3.07. The number of sulfone groups is 1. The van der Waals surface area contributed by atoms with Crippen molar-refractivity contribution in [2.24, 2.45) is 0 Å². The predicted octanol–water partition coefficient (Wildman–Crippen LogP) is 3.67. The van der Waals surface area contributed by atoms with Gasteiger partial charge in [0.15, 0.2) is 0 Å². The minimum Gasteiger partial charge on any atom is -0.493 e. The lowest BCUT2D eigenvalue weighted by atomic mass is 10.2. The van der Waals surface area contributed by atoms with E-state index in [1.165, 1.54) is 36.4 Å². The molecule has 0 radical (unpaired) electrons. The summed E-state index contributed by atoms with van der Waals surface area (Å²) in [5.41, 5.74) is 0.00246. The summed E-state index contributed by atoms with van der Waals surface area (Å²) in [7, 11) is -4.07. The van der Waals surface area contributed by atoms with Crippen LogP contribution < -0.4 is 9.47 Å². The maximum Gasteiger partial charge on any atom is 0.341 e. The first-order valence-electron chi connectivity index (χ1n) is 9.93. The van der Waals surface area contributed by atoms with E-state index in [0.29, 0.717) is 13.2 Å². The van der Waals surface area contributed by atoms with Crippen LogP contribution in [-0.4, -0.2) is 46.8 Å². The highest BCUT2D eigenvalue weighted by molar-refractivity contribution is 7.91. The molecule has 2 aromatic rings. The van der Waals surface area contributed by atoms with Crippen LogP contribution in [0.25, 0.3) is 0 Å². The number of hydrogen-bond acceptors (Lipinski definition) is 8. The summed E-state index contributed by atoms with van der Waals surface area (Å²) in [4.78, 5) is 24.3. The second-order valence-electron chi connectivity index (χ2n) is 6.13. The molecule has 0 bridgehead atoms. The Balaban J connectivity index is 2.58. The third-order valence-electron chi connectivity index (χ3n) is 4.11. The van der Waals surface area contributed by atoms with E-state index >= 15 is 0 Å². The van der Waals surface area contributed by atoms with Crippen molar-refractivity contribution in [3.05, 3.63) is 47.5 Å². The molecule has 0 spiro atoms. The maximum absolute atomic E-state index is 13.3. The Labute approximate surface area is 182 Å². The number of hydrogen-bond donors (Lipinski definition) is 0. The second-order valence-corrected chi connectivity index (χ2v) is 8.08. The highest BCUT2D eigenvalue weighted by Crippen LogP contribution is 2.30. The summed E-state index contributed by atoms with van der Waals surface area (Å²) in [5.74, 6) is -0.943. The highest BCUT2D eigenvalue weighted by Gasteiger charge is 2.25. The maximum atomic E-state index is 13.3. The number of esters is 2. The fourth-order valence-corrected chi connectivity index (χ4v) is 4.10. The first kappa shape index (κ1) is 24.2. The lowest BCUT2D eigenvalue weighted by molar-refractivity contribution is 0.0511. The van der Waals surface area contributed by atoms with Gasteiger partial charge in [0.25, 0.3) is 0 Å². The van der Waals surface area contributed by atoms with Crippen molar-refractivity contribution >= 4 is 21.8 Å². The zero-order chi connectivity index (χ0) is 23.0. The van der Waals surface area contributed by atoms with Crippen LogP contribution in [0.2, 0.25) is 0 Å². The molecule has 0 aliphatic rings. The first-order chi connectivity index (χ1) is 14.8. The average molecular weight is 451 g/mol. The summed E-state index contributed by atoms with van der Waals surface area (Å²) >= 11 is 0. The van der Waals surface area contributed by atoms with Gasteiger partial charge >= 0.3 is 11.9 Å². The van der Waals surface area contributed by atoms with E-state index in [-0.39, 0.29) is 45.6 Å². The van der Waals surface area contributed by atoms with Gasteiger partial charge in [-0.2, -0.15) is 0 Å². The van der Waals surface area contributed by atoms with E-state index < -0.39 is 21.8 Å². The fraction of sp³-hybridized carbons (Fsp3) is 0.364. The van der Waals surface area contributed by atoms with E-state index in [4.69, 9.17) is 18.9 Å². The van der Waals surface area contributed by atoms with Gasteiger partial charge in [-0.15, -0.1) is 0 Å². The van der Waals surface area contributed by atoms with Crippen LogP contribution in [0.4, 0.5) is 0 Å². The molecule has 0 saturated carbocycles. The Morgan fingerprint density at radius 2 is 1.06 bits per heavy atom. The van der Waals surface area contributed by atoms with Crippen molar-refractivity contribution in [3.63, 3.8) is 0 Å². The Morgan fingerprint density at radius 1 is 0.677 bits per heavy atom. The lowest BCUT2D eigenvalue weighted by Gasteiger charge is -2.14. The van der Waals surface area contributed by atoms with Gasteiger partial charge in [-0.05, 0) is 64.1 Å². The SMILES string of the molecule is CCOC(=O)c1cc(S(=O)(=O)c2ccc(OCC)c(C(=O)OCC)c2)ccc1OCC. The van der Waals surface area contributed by atoms with Crippen molar-refractivity contribution < 1.29 is 37.0 Å². The minimum absolute atomic E-state index is 0.00123. The molecule has 0 aliphatic heterocycles. The molecule has 0 amide bonds. The molecule has 0 aliphatic carbocycles. The van der Waals surface area contributed by atoms with E-state index in [1.54, 1.807) is 27.7 Å². The first-order valence-corrected chi connectivity index (χ1v) is 11.4. The topological polar surface area (TPSA) is 105 Å². The summed E-state index contributed by atoms with van der Waals surface area (Å²) in [6.45, 7) is 7.63. The molecule has 0 aromatic heterocycles. The summed E-state index contributed by atoms with van der Waals surface area (Å²) in [5, 5.41) is 0. The molecule has 9 heteroatoms. The van der Waals surface area contributed by atoms with Gasteiger partial charge in [0.05, 0.1) is 36.2 Å². The number of carbonyl (C=O) groups excluding carboxylic acids is 2. The van der Waals surface area contributed by atoms with Crippen molar-refractivity contribution in [2.75, 3.05) is 26.4 Å². The van der Waals surface area contributed by atoms with E-state index in [0.717, 1.165) is 0 Å². The summed E-state index contributed by atoms with van der Waals surface area (Å²) < 4.78 is 47.4. The number of ether oxygens (including phenoxy) is 4. The summed E-state index contributed by atoms with van der Waals surface area (Å²) in [6, 6.07) is 7.90. The van der Waals surface area contributed by atoms with Crippen LogP contribution in [0.5, 0.6) is 11.5 Å². The molecule has 2 aromatic carbocycles. The van der Waals surface area contributed by atoms with Crippen LogP contribution in [0.3, 0.4) is 0 Å². The largest absolute Gasteiger partial charge is 0.493 e. The van der Waals surface area contributed by atoms with Crippen molar-refractivity contribution in [2.45, 2.75) is 37.5 Å². The average Bonchev–Trinajstić information content (AvgIpc) is 2.74. The van der Waals surface area contributed by atoms with Gasteiger partial charge in [-0.3, -0.25) is 0 Å². The van der Waals surface area contributed by atoms with Crippen LogP contribution in [0, 0.1) is 0 Å². The molecule has 31 heavy (non-hydrogen) atoms. The van der Waals surface area contributed by atoms with E-state index in [9.17, 15) is 18.0 Å². The molecular formula is C22H26O8S. The second kappa shape index (κ2) is 10.8. The van der Waals surface area contributed by atoms with Crippen LogP contribution in [-0.2, 0) is 19.3 Å². The monoisotopic (exact) mass is 450 g/mol. The normalized spacial score (nSPS) is 11.0. The van der Waals surface area contributed by atoms with Crippen molar-refractivity contribution in [1.82, 2.24) is 0 Å². The third kappa shape index (κ3) is 5.55. The zero-order valence-electron chi connectivity index (χ0n) is 18.0. The quantitative estimate of drug-likeness (QED) is 0.505. The van der Waals surface area contributed by atoms with Crippen LogP contribution in [0.1, 0.15) is 48.4 Å². The van der Waals surface area contributed by atoms with Gasteiger partial charge in [0.2, 0.25) is 9.84 Å². The number of benzene rings is 2. The van der Waals surface area contributed by atoms with Crippen molar-refractivity contribution in [1.29, 1.82) is 0 Å². The smallest absolute Gasteiger partial charge is 0.341 e. The lowest BCUT2D eigenvalue weighted by Crippen LogP contribution is -2.12. The Bertz CT molecular complexity index is 966. The third-order valence-corrected chi connectivity index (χ3v) is 5.86. The summed E-state index contributed by atoms with van der Waals surface area (Å²) in [6.07, 6.45) is 0. The highest BCUT2D eigenvalue weighted by atomic mass is 32.2. The van der Waals surface area contributed by atoms with E-state index in [2.05, 4.69) is 0 Å². The molecule has 0 N–H and O–H groups in total. The number of carbonyl (C=O) groups is 2. The Morgan fingerprint density at radius 3 is 1.39 bits per heavy atom. The minimum atomic E-state index is -4.07. The molecule has 0 saturated heterocycles. The van der Waals surface area contributed by atoms with Gasteiger partial charge in [0.1, 0.15) is 22.6 Å². The molecule has 8 nitrogen and oxygen atoms in total. The molecule has 0 fully saturated rings. The van der Waals surface area contributed by atoms with Gasteiger partial charge in [0, 0.05) is 0 Å². The van der Waals surface area contributed by atoms with Crippen LogP contribution in [0.15, 0.2) is 46.2 Å². The molecule has 168 valence electrons. The van der Waals surface area contributed by atoms with Crippen LogP contribution >= 0.6 is 0 Å².